The molecule has 148 valence electrons. The van der Waals surface area contributed by atoms with Gasteiger partial charge in [0.25, 0.3) is 0 Å². The van der Waals surface area contributed by atoms with E-state index < -0.39 is 18.2 Å². The molecule has 1 aliphatic rings. The van der Waals surface area contributed by atoms with Crippen molar-refractivity contribution in [3.8, 4) is 0 Å². The molecule has 0 bridgehead atoms. The number of rotatable bonds is 8. The van der Waals surface area contributed by atoms with E-state index in [4.69, 9.17) is 14.2 Å². The fraction of sp³-hybridized carbons (Fsp3) is 0.364. The lowest BCUT2D eigenvalue weighted by molar-refractivity contribution is -0.164. The minimum Gasteiger partial charge on any atom is -0.374 e. The van der Waals surface area contributed by atoms with Gasteiger partial charge in [0.1, 0.15) is 12.2 Å². The summed E-state index contributed by atoms with van der Waals surface area (Å²) in [5.41, 5.74) is 1.99. The number of nitrogens with one attached hydrogen (secondary N) is 1. The van der Waals surface area contributed by atoms with Crippen molar-refractivity contribution < 1.29 is 23.8 Å². The van der Waals surface area contributed by atoms with Crippen molar-refractivity contribution in [1.29, 1.82) is 0 Å². The van der Waals surface area contributed by atoms with Crippen LogP contribution in [0.25, 0.3) is 0 Å². The third kappa shape index (κ3) is 5.73. The Morgan fingerprint density at radius 2 is 1.64 bits per heavy atom. The van der Waals surface area contributed by atoms with Crippen LogP contribution in [0.15, 0.2) is 60.7 Å². The minimum absolute atomic E-state index is 0.145. The maximum absolute atomic E-state index is 12.9. The second-order valence-corrected chi connectivity index (χ2v) is 6.75. The van der Waals surface area contributed by atoms with E-state index in [2.05, 4.69) is 5.32 Å². The van der Waals surface area contributed by atoms with Gasteiger partial charge in [0.2, 0.25) is 5.91 Å². The number of ketones is 1. The van der Waals surface area contributed by atoms with Gasteiger partial charge in [0.05, 0.1) is 32.5 Å². The lowest BCUT2D eigenvalue weighted by Gasteiger charge is -2.35. The quantitative estimate of drug-likeness (QED) is 0.757. The van der Waals surface area contributed by atoms with Crippen LogP contribution in [-0.4, -0.2) is 43.2 Å². The van der Waals surface area contributed by atoms with E-state index in [1.54, 1.807) is 0 Å². The van der Waals surface area contributed by atoms with Gasteiger partial charge in [0, 0.05) is 6.92 Å². The van der Waals surface area contributed by atoms with Crippen molar-refractivity contribution in [1.82, 2.24) is 5.32 Å². The van der Waals surface area contributed by atoms with Crippen LogP contribution in [0.1, 0.15) is 18.1 Å². The Balaban J connectivity index is 1.59. The molecule has 6 nitrogen and oxygen atoms in total. The summed E-state index contributed by atoms with van der Waals surface area (Å²) in [6.07, 6.45) is -1.49. The summed E-state index contributed by atoms with van der Waals surface area (Å²) in [7, 11) is 0. The van der Waals surface area contributed by atoms with E-state index in [0.717, 1.165) is 11.1 Å². The van der Waals surface area contributed by atoms with Crippen molar-refractivity contribution in [2.45, 2.75) is 38.4 Å². The van der Waals surface area contributed by atoms with Gasteiger partial charge < -0.3 is 19.5 Å². The highest BCUT2D eigenvalue weighted by Gasteiger charge is 2.40. The van der Waals surface area contributed by atoms with Crippen molar-refractivity contribution in [2.75, 3.05) is 13.2 Å². The van der Waals surface area contributed by atoms with Crippen LogP contribution in [0.5, 0.6) is 0 Å². The molecule has 6 heteroatoms. The Hall–Kier alpha value is -2.54. The molecular formula is C22H25NO5. The van der Waals surface area contributed by atoms with Gasteiger partial charge in [-0.05, 0) is 11.1 Å². The second kappa shape index (κ2) is 10.1. The SMILES string of the molecule is CC(=O)N[C@H]1CO[C@H](COCc2ccccc2)C(=O)[C@@H]1OCc1ccccc1. The van der Waals surface area contributed by atoms with Gasteiger partial charge in [-0.25, -0.2) is 0 Å². The summed E-state index contributed by atoms with van der Waals surface area (Å²) < 4.78 is 17.2. The molecule has 1 saturated heterocycles. The maximum Gasteiger partial charge on any atom is 0.217 e. The molecule has 1 N–H and O–H groups in total. The highest BCUT2D eigenvalue weighted by Crippen LogP contribution is 2.17. The first-order valence-corrected chi connectivity index (χ1v) is 9.33. The molecular weight excluding hydrogens is 358 g/mol. The number of amides is 1. The maximum atomic E-state index is 12.9. The second-order valence-electron chi connectivity index (χ2n) is 6.75. The van der Waals surface area contributed by atoms with Crippen LogP contribution < -0.4 is 5.32 Å². The summed E-state index contributed by atoms with van der Waals surface area (Å²) in [6.45, 7) is 2.44. The number of ether oxygens (including phenoxy) is 3. The van der Waals surface area contributed by atoms with E-state index in [9.17, 15) is 9.59 Å². The first-order valence-electron chi connectivity index (χ1n) is 9.33. The van der Waals surface area contributed by atoms with Gasteiger partial charge in [-0.3, -0.25) is 9.59 Å². The topological polar surface area (TPSA) is 73.9 Å². The minimum atomic E-state index is -0.775. The zero-order valence-electron chi connectivity index (χ0n) is 15.9. The van der Waals surface area contributed by atoms with Crippen LogP contribution >= 0.6 is 0 Å². The summed E-state index contributed by atoms with van der Waals surface area (Å²) in [4.78, 5) is 24.4. The number of carbonyl (C=O) groups is 2. The predicted octanol–water partition coefficient (Wildman–Crippen LogP) is 2.26. The van der Waals surface area contributed by atoms with E-state index in [0.29, 0.717) is 6.61 Å². The number of hydrogen-bond donors (Lipinski definition) is 1. The normalized spacial score (nSPS) is 22.0. The van der Waals surface area contributed by atoms with Gasteiger partial charge in [-0.15, -0.1) is 0 Å². The Morgan fingerprint density at radius 3 is 2.25 bits per heavy atom. The third-order valence-corrected chi connectivity index (χ3v) is 4.48. The largest absolute Gasteiger partial charge is 0.374 e. The Labute approximate surface area is 164 Å². The summed E-state index contributed by atoms with van der Waals surface area (Å²) in [5.74, 6) is -0.442. The summed E-state index contributed by atoms with van der Waals surface area (Å²) in [5, 5.41) is 2.75. The Morgan fingerprint density at radius 1 is 1.04 bits per heavy atom. The van der Waals surface area contributed by atoms with Crippen LogP contribution in [0, 0.1) is 0 Å². The van der Waals surface area contributed by atoms with Gasteiger partial charge in [-0.1, -0.05) is 60.7 Å². The Kier molecular flexibility index (Phi) is 7.31. The highest BCUT2D eigenvalue weighted by atomic mass is 16.5. The van der Waals surface area contributed by atoms with Crippen molar-refractivity contribution in [3.63, 3.8) is 0 Å². The van der Waals surface area contributed by atoms with Crippen LogP contribution in [0.4, 0.5) is 0 Å². The number of hydrogen-bond acceptors (Lipinski definition) is 5. The van der Waals surface area contributed by atoms with Gasteiger partial charge >= 0.3 is 0 Å². The lowest BCUT2D eigenvalue weighted by atomic mass is 9.99. The molecule has 2 aromatic rings. The van der Waals surface area contributed by atoms with Crippen LogP contribution in [0.3, 0.4) is 0 Å². The molecule has 2 aromatic carbocycles. The van der Waals surface area contributed by atoms with Crippen molar-refractivity contribution >= 4 is 11.7 Å². The van der Waals surface area contributed by atoms with Crippen molar-refractivity contribution in [2.24, 2.45) is 0 Å². The fourth-order valence-electron chi connectivity index (χ4n) is 3.10. The monoisotopic (exact) mass is 383 g/mol. The average Bonchev–Trinajstić information content (AvgIpc) is 2.70. The smallest absolute Gasteiger partial charge is 0.217 e. The summed E-state index contributed by atoms with van der Waals surface area (Å²) in [6, 6.07) is 18.8. The molecule has 0 saturated carbocycles. The molecule has 1 fully saturated rings. The molecule has 28 heavy (non-hydrogen) atoms. The first-order chi connectivity index (χ1) is 13.6. The predicted molar refractivity (Wildman–Crippen MR) is 103 cm³/mol. The van der Waals surface area contributed by atoms with E-state index in [1.807, 2.05) is 60.7 Å². The van der Waals surface area contributed by atoms with Crippen molar-refractivity contribution in [3.05, 3.63) is 71.8 Å². The zero-order chi connectivity index (χ0) is 19.8. The zero-order valence-corrected chi connectivity index (χ0v) is 15.9. The molecule has 1 aliphatic heterocycles. The molecule has 0 aromatic heterocycles. The molecule has 3 rings (SSSR count). The molecule has 3 atom stereocenters. The van der Waals surface area contributed by atoms with E-state index >= 15 is 0 Å². The molecule has 1 heterocycles. The Bertz CT molecular complexity index is 765. The number of carbonyl (C=O) groups excluding carboxylic acids is 2. The molecule has 0 aliphatic carbocycles. The molecule has 0 unspecified atom stereocenters. The highest BCUT2D eigenvalue weighted by molar-refractivity contribution is 5.89. The van der Waals surface area contributed by atoms with Crippen LogP contribution in [-0.2, 0) is 37.0 Å². The molecule has 0 radical (unpaired) electrons. The fourth-order valence-corrected chi connectivity index (χ4v) is 3.10. The lowest BCUT2D eigenvalue weighted by Crippen LogP contribution is -2.58. The van der Waals surface area contributed by atoms with Gasteiger partial charge in [-0.2, -0.15) is 0 Å². The molecule has 0 spiro atoms. The number of Topliss-reactive ketones (excluding diaryl/α,β-unsaturated/α-hetero) is 1. The average molecular weight is 383 g/mol. The van der Waals surface area contributed by atoms with Gasteiger partial charge in [0.15, 0.2) is 5.78 Å². The third-order valence-electron chi connectivity index (χ3n) is 4.48. The van der Waals surface area contributed by atoms with E-state index in [-0.39, 0.29) is 31.5 Å². The van der Waals surface area contributed by atoms with Crippen LogP contribution in [0.2, 0.25) is 0 Å². The van der Waals surface area contributed by atoms with E-state index in [1.165, 1.54) is 6.92 Å². The molecule has 1 amide bonds. The summed E-state index contributed by atoms with van der Waals surface area (Å²) >= 11 is 0. The first kappa shape index (κ1) is 20.2. The number of benzene rings is 2. The standard InChI is InChI=1S/C22H25NO5/c1-16(24)23-19-14-27-20(15-26-12-17-8-4-2-5-9-17)21(25)22(19)28-13-18-10-6-3-7-11-18/h2-11,19-20,22H,12-15H2,1H3,(H,23,24)/t19-,20+,22+/m0/s1.